The number of nitrogens with one attached hydrogen (secondary N) is 1. The summed E-state index contributed by atoms with van der Waals surface area (Å²) in [7, 11) is 0. The molecule has 2 fully saturated rings. The Kier molecular flexibility index (Phi) is 4.02. The highest BCUT2D eigenvalue weighted by atomic mass is 32.1. The van der Waals surface area contributed by atoms with Gasteiger partial charge in [0.1, 0.15) is 0 Å². The molecule has 0 amide bonds. The standard InChI is InChI=1S/C15H23NOS/c1-2-13-12(7-8-17-13)10-16-15(11-5-6-11)14-4-3-9-18-14/h3-4,9,11-13,15-16H,2,5-8,10H2,1H3. The Bertz CT molecular complexity index is 361. The summed E-state index contributed by atoms with van der Waals surface area (Å²) < 4.78 is 5.78. The molecule has 1 aromatic heterocycles. The number of thiophene rings is 1. The van der Waals surface area contributed by atoms with Crippen LogP contribution < -0.4 is 5.32 Å². The highest BCUT2D eigenvalue weighted by molar-refractivity contribution is 7.10. The second kappa shape index (κ2) is 5.72. The smallest absolute Gasteiger partial charge is 0.0613 e. The molecule has 3 rings (SSSR count). The normalized spacial score (nSPS) is 29.6. The molecule has 1 saturated heterocycles. The van der Waals surface area contributed by atoms with Gasteiger partial charge in [0.05, 0.1) is 6.10 Å². The van der Waals surface area contributed by atoms with Crippen LogP contribution in [-0.4, -0.2) is 19.3 Å². The van der Waals surface area contributed by atoms with Crippen molar-refractivity contribution in [2.75, 3.05) is 13.2 Å². The van der Waals surface area contributed by atoms with Gasteiger partial charge in [-0.2, -0.15) is 0 Å². The van der Waals surface area contributed by atoms with Gasteiger partial charge in [-0.1, -0.05) is 13.0 Å². The van der Waals surface area contributed by atoms with Crippen molar-refractivity contribution >= 4 is 11.3 Å². The lowest BCUT2D eigenvalue weighted by Crippen LogP contribution is -2.31. The molecular formula is C15H23NOS. The molecule has 2 nitrogen and oxygen atoms in total. The molecule has 0 radical (unpaired) electrons. The average molecular weight is 265 g/mol. The van der Waals surface area contributed by atoms with Gasteiger partial charge in [0.2, 0.25) is 0 Å². The summed E-state index contributed by atoms with van der Waals surface area (Å²) in [6, 6.07) is 5.05. The van der Waals surface area contributed by atoms with Gasteiger partial charge in [0.25, 0.3) is 0 Å². The van der Waals surface area contributed by atoms with E-state index in [4.69, 9.17) is 4.74 Å². The van der Waals surface area contributed by atoms with Crippen molar-refractivity contribution in [2.45, 2.75) is 44.8 Å². The van der Waals surface area contributed by atoms with Gasteiger partial charge in [-0.05, 0) is 49.0 Å². The van der Waals surface area contributed by atoms with E-state index >= 15 is 0 Å². The van der Waals surface area contributed by atoms with Crippen molar-refractivity contribution in [1.82, 2.24) is 5.32 Å². The largest absolute Gasteiger partial charge is 0.378 e. The Morgan fingerprint density at radius 2 is 2.33 bits per heavy atom. The number of ether oxygens (including phenoxy) is 1. The lowest BCUT2D eigenvalue weighted by atomic mass is 9.98. The summed E-state index contributed by atoms with van der Waals surface area (Å²) in [5, 5.41) is 6.02. The zero-order valence-electron chi connectivity index (χ0n) is 11.1. The third kappa shape index (κ3) is 2.79. The molecule has 1 aliphatic heterocycles. The SMILES string of the molecule is CCC1OCCC1CNC(c1cccs1)C1CC1. The Hall–Kier alpha value is -0.380. The first-order valence-corrected chi connectivity index (χ1v) is 8.15. The second-order valence-electron chi connectivity index (χ2n) is 5.61. The van der Waals surface area contributed by atoms with Crippen LogP contribution in [0.4, 0.5) is 0 Å². The average Bonchev–Trinajstić information content (AvgIpc) is 2.92. The number of rotatable bonds is 6. The zero-order valence-corrected chi connectivity index (χ0v) is 11.9. The quantitative estimate of drug-likeness (QED) is 0.848. The summed E-state index contributed by atoms with van der Waals surface area (Å²) in [4.78, 5) is 1.52. The first kappa shape index (κ1) is 12.6. The Morgan fingerprint density at radius 3 is 3.00 bits per heavy atom. The van der Waals surface area contributed by atoms with Gasteiger partial charge >= 0.3 is 0 Å². The van der Waals surface area contributed by atoms with Gasteiger partial charge in [-0.25, -0.2) is 0 Å². The first-order chi connectivity index (χ1) is 8.88. The van der Waals surface area contributed by atoms with E-state index in [0.29, 0.717) is 12.1 Å². The minimum atomic E-state index is 0.487. The lowest BCUT2D eigenvalue weighted by Gasteiger charge is -2.22. The van der Waals surface area contributed by atoms with Crippen LogP contribution in [0.5, 0.6) is 0 Å². The molecule has 3 atom stereocenters. The van der Waals surface area contributed by atoms with E-state index in [1.165, 1.54) is 24.1 Å². The molecule has 1 aromatic rings. The van der Waals surface area contributed by atoms with Crippen LogP contribution in [0.25, 0.3) is 0 Å². The second-order valence-corrected chi connectivity index (χ2v) is 6.58. The third-order valence-electron chi connectivity index (χ3n) is 4.29. The molecule has 1 N–H and O–H groups in total. The first-order valence-electron chi connectivity index (χ1n) is 7.27. The predicted molar refractivity (Wildman–Crippen MR) is 75.9 cm³/mol. The van der Waals surface area contributed by atoms with Crippen molar-refractivity contribution in [3.05, 3.63) is 22.4 Å². The molecule has 1 aliphatic carbocycles. The summed E-state index contributed by atoms with van der Waals surface area (Å²) in [6.07, 6.45) is 5.66. The van der Waals surface area contributed by atoms with E-state index in [1.54, 1.807) is 0 Å². The van der Waals surface area contributed by atoms with E-state index in [-0.39, 0.29) is 0 Å². The van der Waals surface area contributed by atoms with Crippen LogP contribution in [-0.2, 0) is 4.74 Å². The number of hydrogen-bond acceptors (Lipinski definition) is 3. The molecule has 3 heteroatoms. The van der Waals surface area contributed by atoms with Crippen molar-refractivity contribution in [2.24, 2.45) is 11.8 Å². The van der Waals surface area contributed by atoms with Gasteiger partial charge in [0.15, 0.2) is 0 Å². The van der Waals surface area contributed by atoms with E-state index in [9.17, 15) is 0 Å². The van der Waals surface area contributed by atoms with Crippen LogP contribution >= 0.6 is 11.3 Å². The molecule has 1 saturated carbocycles. The van der Waals surface area contributed by atoms with Crippen molar-refractivity contribution in [3.63, 3.8) is 0 Å². The van der Waals surface area contributed by atoms with E-state index in [0.717, 1.165) is 31.4 Å². The molecule has 2 heterocycles. The zero-order chi connectivity index (χ0) is 12.4. The molecule has 18 heavy (non-hydrogen) atoms. The molecule has 2 aliphatic rings. The molecule has 0 aromatic carbocycles. The fourth-order valence-corrected chi connectivity index (χ4v) is 3.95. The van der Waals surface area contributed by atoms with Gasteiger partial charge < -0.3 is 10.1 Å². The number of hydrogen-bond donors (Lipinski definition) is 1. The third-order valence-corrected chi connectivity index (χ3v) is 5.25. The fraction of sp³-hybridized carbons (Fsp3) is 0.733. The summed E-state index contributed by atoms with van der Waals surface area (Å²) in [5.41, 5.74) is 0. The van der Waals surface area contributed by atoms with Gasteiger partial charge in [0, 0.05) is 24.1 Å². The predicted octanol–water partition coefficient (Wildman–Crippen LogP) is 3.60. The van der Waals surface area contributed by atoms with Gasteiger partial charge in [-0.15, -0.1) is 11.3 Å². The summed E-state index contributed by atoms with van der Waals surface area (Å²) in [6.45, 7) is 4.32. The highest BCUT2D eigenvalue weighted by Gasteiger charge is 2.34. The van der Waals surface area contributed by atoms with Crippen LogP contribution in [0.3, 0.4) is 0 Å². The van der Waals surface area contributed by atoms with Crippen LogP contribution in [0.2, 0.25) is 0 Å². The Balaban J connectivity index is 1.57. The van der Waals surface area contributed by atoms with E-state index in [2.05, 4.69) is 29.8 Å². The summed E-state index contributed by atoms with van der Waals surface area (Å²) in [5.74, 6) is 1.60. The minimum Gasteiger partial charge on any atom is -0.378 e. The Morgan fingerprint density at radius 1 is 1.44 bits per heavy atom. The van der Waals surface area contributed by atoms with Crippen molar-refractivity contribution in [1.29, 1.82) is 0 Å². The van der Waals surface area contributed by atoms with Crippen molar-refractivity contribution < 1.29 is 4.74 Å². The van der Waals surface area contributed by atoms with Gasteiger partial charge in [-0.3, -0.25) is 0 Å². The van der Waals surface area contributed by atoms with Crippen LogP contribution in [0.1, 0.15) is 43.5 Å². The maximum atomic E-state index is 5.78. The minimum absolute atomic E-state index is 0.487. The summed E-state index contributed by atoms with van der Waals surface area (Å²) >= 11 is 1.89. The monoisotopic (exact) mass is 265 g/mol. The molecule has 100 valence electrons. The van der Waals surface area contributed by atoms with E-state index < -0.39 is 0 Å². The van der Waals surface area contributed by atoms with Crippen LogP contribution in [0.15, 0.2) is 17.5 Å². The molecular weight excluding hydrogens is 242 g/mol. The maximum absolute atomic E-state index is 5.78. The Labute approximate surface area is 114 Å². The molecule has 0 bridgehead atoms. The lowest BCUT2D eigenvalue weighted by molar-refractivity contribution is 0.0864. The van der Waals surface area contributed by atoms with Crippen molar-refractivity contribution in [3.8, 4) is 0 Å². The maximum Gasteiger partial charge on any atom is 0.0613 e. The molecule has 3 unspecified atom stereocenters. The highest BCUT2D eigenvalue weighted by Crippen LogP contribution is 2.42. The van der Waals surface area contributed by atoms with E-state index in [1.807, 2.05) is 11.3 Å². The fourth-order valence-electron chi connectivity index (χ4n) is 3.05. The topological polar surface area (TPSA) is 21.3 Å². The molecule has 0 spiro atoms. The van der Waals surface area contributed by atoms with Crippen LogP contribution in [0, 0.1) is 11.8 Å².